The Morgan fingerprint density at radius 1 is 1.03 bits per heavy atom. The van der Waals surface area contributed by atoms with Gasteiger partial charge in [0.15, 0.2) is 11.6 Å². The number of hydrogen-bond acceptors (Lipinski definition) is 10. The number of hydrogen-bond donors (Lipinski definition) is 2. The quantitative estimate of drug-likeness (QED) is 0.290. The highest BCUT2D eigenvalue weighted by Gasteiger charge is 2.26. The number of methoxy groups -OCH3 is 2. The maximum Gasteiger partial charge on any atom is 0.243 e. The van der Waals surface area contributed by atoms with Crippen LogP contribution in [-0.4, -0.2) is 65.2 Å². The van der Waals surface area contributed by atoms with E-state index >= 15 is 0 Å². The number of halogens is 1. The highest BCUT2D eigenvalue weighted by molar-refractivity contribution is 7.92. The maximum atomic E-state index is 13.2. The van der Waals surface area contributed by atoms with E-state index in [0.717, 1.165) is 12.4 Å². The monoisotopic (exact) mass is 542 g/mol. The van der Waals surface area contributed by atoms with Crippen molar-refractivity contribution in [3.05, 3.63) is 60.4 Å². The van der Waals surface area contributed by atoms with Gasteiger partial charge in [-0.3, -0.25) is 9.29 Å². The molecule has 3 heterocycles. The molecule has 1 atom stereocenters. The van der Waals surface area contributed by atoms with Crippen LogP contribution in [0.3, 0.4) is 0 Å². The van der Waals surface area contributed by atoms with Crippen molar-refractivity contribution in [3.63, 3.8) is 0 Å². The largest absolute Gasteiger partial charge is 0.494 e. The minimum Gasteiger partial charge on any atom is -0.494 e. The molecular weight excluding hydrogens is 515 g/mol. The first-order valence-electron chi connectivity index (χ1n) is 11.5. The van der Waals surface area contributed by atoms with E-state index in [-0.39, 0.29) is 29.9 Å². The summed E-state index contributed by atoms with van der Waals surface area (Å²) in [5.41, 5.74) is 0.823. The summed E-state index contributed by atoms with van der Waals surface area (Å²) in [5, 5.41) is 11.4. The van der Waals surface area contributed by atoms with Crippen LogP contribution in [0.15, 0.2) is 48.8 Å². The van der Waals surface area contributed by atoms with Crippen LogP contribution >= 0.6 is 0 Å². The molecule has 0 amide bonds. The molecule has 0 saturated heterocycles. The van der Waals surface area contributed by atoms with Crippen molar-refractivity contribution >= 4 is 21.8 Å². The number of para-hydroxylation sites is 1. The number of nitrogens with zero attached hydrogens (tertiary/aromatic N) is 6. The molecule has 1 aromatic carbocycles. The third-order valence-electron chi connectivity index (χ3n) is 5.48. The van der Waals surface area contributed by atoms with Gasteiger partial charge in [-0.2, -0.15) is 0 Å². The number of ether oxygens (including phenoxy) is 2. The van der Waals surface area contributed by atoms with E-state index in [2.05, 4.69) is 35.2 Å². The minimum absolute atomic E-state index is 0.0790. The predicted octanol–water partition coefficient (Wildman–Crippen LogP) is 2.94. The average Bonchev–Trinajstić information content (AvgIpc) is 3.31. The van der Waals surface area contributed by atoms with E-state index < -0.39 is 15.8 Å². The summed E-state index contributed by atoms with van der Waals surface area (Å²) in [6.07, 6.45) is 2.33. The number of nitrogens with one attached hydrogen (secondary N) is 2. The summed E-state index contributed by atoms with van der Waals surface area (Å²) < 4.78 is 54.7. The Balaban J connectivity index is 1.74. The first-order valence-corrected chi connectivity index (χ1v) is 13.2. The standard InChI is InChI=1S/C24H27FN8O4S/c1-15(11-21-27-12-16(25)13-28-21)14-38(34,35)32-24-31-30-23(17-7-5-10-20(26-2)29-17)33(24)22-18(36-3)8-6-9-19(22)37-4/h5-10,12-13,15H,11,14H2,1-4H3,(H,26,29)(H,31,32)/t15-/m0/s1. The van der Waals surface area contributed by atoms with E-state index in [0.29, 0.717) is 34.5 Å². The molecule has 200 valence electrons. The molecule has 0 saturated carbocycles. The summed E-state index contributed by atoms with van der Waals surface area (Å²) in [6, 6.07) is 10.5. The van der Waals surface area contributed by atoms with Gasteiger partial charge in [0.1, 0.15) is 34.5 Å². The average molecular weight is 543 g/mol. The molecule has 4 rings (SSSR count). The number of aromatic nitrogens is 6. The molecule has 0 bridgehead atoms. The highest BCUT2D eigenvalue weighted by atomic mass is 32.2. The van der Waals surface area contributed by atoms with Crippen molar-refractivity contribution in [2.45, 2.75) is 13.3 Å². The molecule has 0 aliphatic rings. The molecule has 0 radical (unpaired) electrons. The van der Waals surface area contributed by atoms with E-state index in [1.54, 1.807) is 50.4 Å². The van der Waals surface area contributed by atoms with Crippen molar-refractivity contribution in [1.82, 2.24) is 29.7 Å². The lowest BCUT2D eigenvalue weighted by molar-refractivity contribution is 0.391. The second kappa shape index (κ2) is 11.4. The van der Waals surface area contributed by atoms with Gasteiger partial charge >= 0.3 is 0 Å². The Bertz CT molecular complexity index is 1490. The van der Waals surface area contributed by atoms with Crippen LogP contribution < -0.4 is 19.5 Å². The first-order chi connectivity index (χ1) is 18.2. The first kappa shape index (κ1) is 26.7. The topological polar surface area (TPSA) is 146 Å². The molecule has 0 aliphatic carbocycles. The fourth-order valence-electron chi connectivity index (χ4n) is 3.85. The van der Waals surface area contributed by atoms with E-state index in [1.165, 1.54) is 18.8 Å². The lowest BCUT2D eigenvalue weighted by Gasteiger charge is -2.18. The molecule has 12 nitrogen and oxygen atoms in total. The number of rotatable bonds is 11. The molecule has 0 unspecified atom stereocenters. The van der Waals surface area contributed by atoms with Crippen LogP contribution in [0, 0.1) is 11.7 Å². The third kappa shape index (κ3) is 5.96. The molecule has 2 N–H and O–H groups in total. The van der Waals surface area contributed by atoms with Crippen molar-refractivity contribution in [2.75, 3.05) is 37.1 Å². The molecule has 0 fully saturated rings. The van der Waals surface area contributed by atoms with Gasteiger partial charge in [0.25, 0.3) is 0 Å². The molecular formula is C24H27FN8O4S. The van der Waals surface area contributed by atoms with Gasteiger partial charge in [0, 0.05) is 13.5 Å². The summed E-state index contributed by atoms with van der Waals surface area (Å²) in [4.78, 5) is 12.4. The fraction of sp³-hybridized carbons (Fsp3) is 0.292. The van der Waals surface area contributed by atoms with E-state index in [9.17, 15) is 12.8 Å². The van der Waals surface area contributed by atoms with Gasteiger partial charge in [-0.25, -0.2) is 27.8 Å². The van der Waals surface area contributed by atoms with Gasteiger partial charge in [-0.1, -0.05) is 19.1 Å². The second-order valence-corrected chi connectivity index (χ2v) is 10.1. The Hall–Kier alpha value is -4.33. The highest BCUT2D eigenvalue weighted by Crippen LogP contribution is 2.37. The normalized spacial score (nSPS) is 12.1. The smallest absolute Gasteiger partial charge is 0.243 e. The molecule has 38 heavy (non-hydrogen) atoms. The van der Waals surface area contributed by atoms with Gasteiger partial charge in [-0.15, -0.1) is 10.2 Å². The number of sulfonamides is 1. The lowest BCUT2D eigenvalue weighted by atomic mass is 10.1. The van der Waals surface area contributed by atoms with Crippen molar-refractivity contribution in [1.29, 1.82) is 0 Å². The van der Waals surface area contributed by atoms with Gasteiger partial charge in [0.05, 0.1) is 32.4 Å². The lowest BCUT2D eigenvalue weighted by Crippen LogP contribution is -2.24. The van der Waals surface area contributed by atoms with Crippen molar-refractivity contribution in [3.8, 4) is 28.7 Å². The summed E-state index contributed by atoms with van der Waals surface area (Å²) in [5.74, 6) is 0.689. The Kier molecular flexibility index (Phi) is 8.00. The van der Waals surface area contributed by atoms with Crippen LogP contribution in [-0.2, 0) is 16.4 Å². The fourth-order valence-corrected chi connectivity index (χ4v) is 5.21. The zero-order valence-corrected chi connectivity index (χ0v) is 22.0. The molecule has 14 heteroatoms. The van der Waals surface area contributed by atoms with Gasteiger partial charge < -0.3 is 14.8 Å². The van der Waals surface area contributed by atoms with Crippen molar-refractivity contribution in [2.24, 2.45) is 5.92 Å². The minimum atomic E-state index is -3.93. The number of pyridine rings is 1. The van der Waals surface area contributed by atoms with Gasteiger partial charge in [-0.05, 0) is 30.2 Å². The third-order valence-corrected chi connectivity index (χ3v) is 6.98. The maximum absolute atomic E-state index is 13.2. The zero-order chi connectivity index (χ0) is 27.3. The van der Waals surface area contributed by atoms with Crippen LogP contribution in [0.4, 0.5) is 16.2 Å². The molecule has 4 aromatic rings. The SMILES string of the molecule is CNc1cccc(-c2nnc(NS(=O)(=O)C[C@@H](C)Cc3ncc(F)cn3)n2-c2c(OC)cccc2OC)n1. The zero-order valence-electron chi connectivity index (χ0n) is 21.2. The Labute approximate surface area is 219 Å². The van der Waals surface area contributed by atoms with Crippen LogP contribution in [0.5, 0.6) is 11.5 Å². The predicted molar refractivity (Wildman–Crippen MR) is 140 cm³/mol. The summed E-state index contributed by atoms with van der Waals surface area (Å²) >= 11 is 0. The second-order valence-electron chi connectivity index (χ2n) is 8.36. The Morgan fingerprint density at radius 2 is 1.68 bits per heavy atom. The van der Waals surface area contributed by atoms with Gasteiger partial charge in [0.2, 0.25) is 16.0 Å². The summed E-state index contributed by atoms with van der Waals surface area (Å²) in [6.45, 7) is 1.73. The Morgan fingerprint density at radius 3 is 2.32 bits per heavy atom. The number of benzene rings is 1. The molecule has 3 aromatic heterocycles. The molecule has 0 spiro atoms. The number of anilines is 2. The summed E-state index contributed by atoms with van der Waals surface area (Å²) in [7, 11) is 0.786. The van der Waals surface area contributed by atoms with Crippen LogP contribution in [0.25, 0.3) is 17.2 Å². The van der Waals surface area contributed by atoms with Crippen LogP contribution in [0.2, 0.25) is 0 Å². The van der Waals surface area contributed by atoms with E-state index in [4.69, 9.17) is 9.47 Å². The van der Waals surface area contributed by atoms with Crippen molar-refractivity contribution < 1.29 is 22.3 Å². The van der Waals surface area contributed by atoms with Crippen LogP contribution in [0.1, 0.15) is 12.7 Å². The molecule has 0 aliphatic heterocycles. The van der Waals surface area contributed by atoms with E-state index in [1.807, 2.05) is 0 Å².